The van der Waals surface area contributed by atoms with Gasteiger partial charge in [0.25, 0.3) is 5.91 Å². The van der Waals surface area contributed by atoms with Crippen molar-refractivity contribution in [2.75, 3.05) is 25.5 Å². The quantitative estimate of drug-likeness (QED) is 0.257. The zero-order valence-electron chi connectivity index (χ0n) is 24.4. The molecule has 2 aliphatic rings. The van der Waals surface area contributed by atoms with Gasteiger partial charge in [0, 0.05) is 31.6 Å². The summed E-state index contributed by atoms with van der Waals surface area (Å²) < 4.78 is 39.1. The highest BCUT2D eigenvalue weighted by molar-refractivity contribution is 7.91. The summed E-state index contributed by atoms with van der Waals surface area (Å²) in [5.41, 5.74) is -0.0952. The standard InChI is InChI=1S/C34H40N2O6S/c37-22-10-23-41-29-19-17-28(18-20-29)32-36-34(31(42-32)27-13-6-2-7-14-27,33(38)35-25-26-11-4-1-5-12-26)21-24-43(39,40)30-15-8-3-9-16-30/h2-3,6-9,13-20,26,31,37H,1,4-5,10-12,21-25H2,(H,35,38)/t31-,34-/m1/s1. The van der Waals surface area contributed by atoms with Crippen LogP contribution >= 0.6 is 0 Å². The van der Waals surface area contributed by atoms with E-state index in [9.17, 15) is 13.2 Å². The van der Waals surface area contributed by atoms with Crippen molar-refractivity contribution >= 4 is 21.6 Å². The molecule has 0 spiro atoms. The lowest BCUT2D eigenvalue weighted by atomic mass is 9.84. The number of benzene rings is 3. The zero-order chi connectivity index (χ0) is 30.1. The molecule has 43 heavy (non-hydrogen) atoms. The minimum Gasteiger partial charge on any atom is -0.494 e. The monoisotopic (exact) mass is 604 g/mol. The van der Waals surface area contributed by atoms with Crippen LogP contribution in [0.5, 0.6) is 5.75 Å². The van der Waals surface area contributed by atoms with Gasteiger partial charge in [0.1, 0.15) is 5.75 Å². The second-order valence-corrected chi connectivity index (χ2v) is 13.4. The van der Waals surface area contributed by atoms with Crippen LogP contribution in [0.15, 0.2) is 94.8 Å². The number of carbonyl (C=O) groups is 1. The van der Waals surface area contributed by atoms with Gasteiger partial charge in [0.2, 0.25) is 5.90 Å². The maximum absolute atomic E-state index is 14.3. The first-order valence-corrected chi connectivity index (χ1v) is 16.8. The van der Waals surface area contributed by atoms with Crippen molar-refractivity contribution < 1.29 is 27.8 Å². The average Bonchev–Trinajstić information content (AvgIpc) is 3.45. The van der Waals surface area contributed by atoms with Crippen LogP contribution in [0.1, 0.15) is 62.2 Å². The number of nitrogens with one attached hydrogen (secondary N) is 1. The summed E-state index contributed by atoms with van der Waals surface area (Å²) in [4.78, 5) is 19.5. The van der Waals surface area contributed by atoms with Gasteiger partial charge in [-0.3, -0.25) is 4.79 Å². The Balaban J connectivity index is 1.50. The van der Waals surface area contributed by atoms with Gasteiger partial charge in [0.15, 0.2) is 21.5 Å². The highest BCUT2D eigenvalue weighted by Gasteiger charge is 2.53. The number of aliphatic hydroxyl groups excluding tert-OH is 1. The Bertz CT molecular complexity index is 1470. The summed E-state index contributed by atoms with van der Waals surface area (Å²) in [6.45, 7) is 0.969. The highest BCUT2D eigenvalue weighted by Crippen LogP contribution is 2.43. The van der Waals surface area contributed by atoms with E-state index in [2.05, 4.69) is 5.32 Å². The molecular formula is C34H40N2O6S. The third-order valence-electron chi connectivity index (χ3n) is 8.26. The lowest BCUT2D eigenvalue weighted by molar-refractivity contribution is -0.129. The maximum atomic E-state index is 14.3. The van der Waals surface area contributed by atoms with Crippen LogP contribution in [0.4, 0.5) is 0 Å². The second-order valence-electron chi connectivity index (χ2n) is 11.3. The number of carbonyl (C=O) groups excluding carboxylic acids is 1. The molecule has 9 heteroatoms. The van der Waals surface area contributed by atoms with Crippen LogP contribution in [0, 0.1) is 5.92 Å². The molecule has 5 rings (SSSR count). The first-order chi connectivity index (χ1) is 20.9. The van der Waals surface area contributed by atoms with E-state index >= 15 is 0 Å². The molecule has 8 nitrogen and oxygen atoms in total. The molecule has 0 unspecified atom stereocenters. The normalized spacial score (nSPS) is 20.7. The number of hydrogen-bond acceptors (Lipinski definition) is 7. The fourth-order valence-electron chi connectivity index (χ4n) is 5.82. The molecule has 1 aliphatic heterocycles. The van der Waals surface area contributed by atoms with E-state index in [1.54, 1.807) is 42.5 Å². The fourth-order valence-corrected chi connectivity index (χ4v) is 7.20. The summed E-state index contributed by atoms with van der Waals surface area (Å²) in [6.07, 6.45) is 5.31. The van der Waals surface area contributed by atoms with E-state index in [1.807, 2.05) is 42.5 Å². The van der Waals surface area contributed by atoms with Crippen LogP contribution < -0.4 is 10.1 Å². The lowest BCUT2D eigenvalue weighted by Gasteiger charge is -2.31. The number of rotatable bonds is 13. The summed E-state index contributed by atoms with van der Waals surface area (Å²) in [6, 6.07) is 24.9. The summed E-state index contributed by atoms with van der Waals surface area (Å²) >= 11 is 0. The van der Waals surface area contributed by atoms with Crippen molar-refractivity contribution in [1.82, 2.24) is 5.32 Å². The first kappa shape index (κ1) is 30.8. The highest BCUT2D eigenvalue weighted by atomic mass is 32.2. The Hall–Kier alpha value is -3.69. The lowest BCUT2D eigenvalue weighted by Crippen LogP contribution is -2.50. The van der Waals surface area contributed by atoms with Gasteiger partial charge in [0.05, 0.1) is 17.3 Å². The second kappa shape index (κ2) is 14.2. The average molecular weight is 605 g/mol. The number of ether oxygens (including phenoxy) is 2. The summed E-state index contributed by atoms with van der Waals surface area (Å²) in [5, 5.41) is 12.2. The van der Waals surface area contributed by atoms with E-state index in [0.717, 1.165) is 31.2 Å². The Labute approximate surface area is 254 Å². The van der Waals surface area contributed by atoms with Gasteiger partial charge >= 0.3 is 0 Å². The summed E-state index contributed by atoms with van der Waals surface area (Å²) in [5.74, 6) is 0.715. The molecule has 1 fully saturated rings. The summed E-state index contributed by atoms with van der Waals surface area (Å²) in [7, 11) is -3.70. The van der Waals surface area contributed by atoms with Crippen molar-refractivity contribution in [3.8, 4) is 5.75 Å². The fraction of sp³-hybridized carbons (Fsp3) is 0.412. The number of aliphatic hydroxyl groups is 1. The Morgan fingerprint density at radius 2 is 1.63 bits per heavy atom. The molecular weight excluding hydrogens is 564 g/mol. The van der Waals surface area contributed by atoms with E-state index in [-0.39, 0.29) is 35.5 Å². The topological polar surface area (TPSA) is 114 Å². The van der Waals surface area contributed by atoms with E-state index in [4.69, 9.17) is 19.6 Å². The molecule has 1 saturated carbocycles. The van der Waals surface area contributed by atoms with E-state index in [1.165, 1.54) is 6.42 Å². The zero-order valence-corrected chi connectivity index (χ0v) is 25.2. The molecule has 0 radical (unpaired) electrons. The number of sulfone groups is 1. The first-order valence-electron chi connectivity index (χ1n) is 15.1. The van der Waals surface area contributed by atoms with E-state index in [0.29, 0.717) is 36.8 Å². The van der Waals surface area contributed by atoms with Crippen molar-refractivity contribution in [1.29, 1.82) is 0 Å². The third kappa shape index (κ3) is 7.46. The van der Waals surface area contributed by atoms with Crippen LogP contribution in [-0.4, -0.2) is 56.4 Å². The molecule has 3 aromatic rings. The van der Waals surface area contributed by atoms with Crippen LogP contribution in [-0.2, 0) is 19.4 Å². The van der Waals surface area contributed by atoms with Crippen molar-refractivity contribution in [3.63, 3.8) is 0 Å². The molecule has 2 N–H and O–H groups in total. The number of amides is 1. The Morgan fingerprint density at radius 1 is 0.953 bits per heavy atom. The number of hydrogen-bond donors (Lipinski definition) is 2. The van der Waals surface area contributed by atoms with Crippen LogP contribution in [0.2, 0.25) is 0 Å². The maximum Gasteiger partial charge on any atom is 0.252 e. The van der Waals surface area contributed by atoms with Gasteiger partial charge in [-0.25, -0.2) is 13.4 Å². The van der Waals surface area contributed by atoms with Crippen LogP contribution in [0.3, 0.4) is 0 Å². The number of nitrogens with zero attached hydrogens (tertiary/aromatic N) is 1. The predicted octanol–water partition coefficient (Wildman–Crippen LogP) is 5.27. The SMILES string of the molecule is O=C(NCC1CCCCC1)[C@]1(CCS(=O)(=O)c2ccccc2)N=C(c2ccc(OCCCO)cc2)O[C@@H]1c1ccccc1. The van der Waals surface area contributed by atoms with Gasteiger partial charge < -0.3 is 19.9 Å². The molecule has 1 amide bonds. The molecule has 0 saturated heterocycles. The molecule has 2 atom stereocenters. The van der Waals surface area contributed by atoms with Crippen molar-refractivity contribution in [2.45, 2.75) is 61.5 Å². The smallest absolute Gasteiger partial charge is 0.252 e. The van der Waals surface area contributed by atoms with Gasteiger partial charge in [-0.05, 0) is 60.7 Å². The molecule has 1 heterocycles. The van der Waals surface area contributed by atoms with Crippen molar-refractivity contribution in [2.24, 2.45) is 10.9 Å². The minimum atomic E-state index is -3.70. The molecule has 228 valence electrons. The van der Waals surface area contributed by atoms with Gasteiger partial charge in [-0.15, -0.1) is 0 Å². The molecule has 3 aromatic carbocycles. The third-order valence-corrected chi connectivity index (χ3v) is 9.99. The van der Waals surface area contributed by atoms with Crippen molar-refractivity contribution in [3.05, 3.63) is 96.1 Å². The largest absolute Gasteiger partial charge is 0.494 e. The van der Waals surface area contributed by atoms with Gasteiger partial charge in [-0.2, -0.15) is 0 Å². The predicted molar refractivity (Wildman–Crippen MR) is 166 cm³/mol. The van der Waals surface area contributed by atoms with E-state index < -0.39 is 21.5 Å². The Morgan fingerprint density at radius 3 is 2.30 bits per heavy atom. The molecule has 0 aromatic heterocycles. The van der Waals surface area contributed by atoms with Crippen LogP contribution in [0.25, 0.3) is 0 Å². The van der Waals surface area contributed by atoms with Gasteiger partial charge in [-0.1, -0.05) is 67.8 Å². The molecule has 0 bridgehead atoms. The molecule has 1 aliphatic carbocycles. The Kier molecular flexibility index (Phi) is 10.1. The number of aliphatic imine (C=N–C) groups is 1. The minimum absolute atomic E-state index is 0.0495.